The van der Waals surface area contributed by atoms with Gasteiger partial charge in [0.1, 0.15) is 0 Å². The molecule has 2 aliphatic heterocycles. The van der Waals surface area contributed by atoms with Crippen LogP contribution in [-0.2, 0) is 19.8 Å². The van der Waals surface area contributed by atoms with Gasteiger partial charge in [-0.15, -0.1) is 0 Å². The van der Waals surface area contributed by atoms with Gasteiger partial charge in [-0.2, -0.15) is 0 Å². The molecule has 0 saturated carbocycles. The molecule has 0 spiro atoms. The second-order valence-electron chi connectivity index (χ2n) is 8.15. The molecule has 1 fully saturated rings. The smallest absolute Gasteiger partial charge is 0.245 e. The molecule has 0 aromatic heterocycles. The lowest BCUT2D eigenvalue weighted by molar-refractivity contribution is -0.133. The first kappa shape index (κ1) is 20.8. The summed E-state index contributed by atoms with van der Waals surface area (Å²) in [7, 11) is 0. The van der Waals surface area contributed by atoms with Gasteiger partial charge in [0.05, 0.1) is 11.3 Å². The van der Waals surface area contributed by atoms with Gasteiger partial charge in [0, 0.05) is 25.3 Å². The topological polar surface area (TPSA) is 78.5 Å². The number of amides is 3. The fourth-order valence-corrected chi connectivity index (χ4v) is 4.70. The maximum atomic E-state index is 13.4. The summed E-state index contributed by atoms with van der Waals surface area (Å²) in [5.41, 5.74) is 2.11. The number of nitrogens with zero attached hydrogens (tertiary/aromatic N) is 1. The van der Waals surface area contributed by atoms with Crippen molar-refractivity contribution in [3.8, 4) is 0 Å². The third-order valence-corrected chi connectivity index (χ3v) is 6.49. The van der Waals surface area contributed by atoms with Crippen molar-refractivity contribution < 1.29 is 14.4 Å². The molecule has 1 saturated heterocycles. The third-order valence-electron chi connectivity index (χ3n) is 6.49. The van der Waals surface area contributed by atoms with Gasteiger partial charge in [-0.1, -0.05) is 55.1 Å². The van der Waals surface area contributed by atoms with E-state index in [4.69, 9.17) is 0 Å². The number of anilines is 1. The Balaban J connectivity index is 1.46. The van der Waals surface area contributed by atoms with Crippen molar-refractivity contribution in [1.82, 2.24) is 10.2 Å². The fraction of sp³-hybridized carbons (Fsp3) is 0.320. The lowest BCUT2D eigenvalue weighted by Gasteiger charge is -2.40. The van der Waals surface area contributed by atoms with Crippen molar-refractivity contribution in [2.45, 2.75) is 30.6 Å². The van der Waals surface area contributed by atoms with Gasteiger partial charge in [0.2, 0.25) is 17.7 Å². The fourth-order valence-electron chi connectivity index (χ4n) is 4.70. The van der Waals surface area contributed by atoms with E-state index in [1.807, 2.05) is 54.6 Å². The first-order valence-corrected chi connectivity index (χ1v) is 10.7. The van der Waals surface area contributed by atoms with Gasteiger partial charge in [0.15, 0.2) is 0 Å². The van der Waals surface area contributed by atoms with Gasteiger partial charge >= 0.3 is 0 Å². The average Bonchev–Trinajstić information content (AvgIpc) is 3.14. The number of nitrogens with one attached hydrogen (secondary N) is 2. The van der Waals surface area contributed by atoms with E-state index in [2.05, 4.69) is 17.2 Å². The summed E-state index contributed by atoms with van der Waals surface area (Å²) in [5.74, 6) is -0.426. The summed E-state index contributed by atoms with van der Waals surface area (Å²) in [6, 6.07) is 17.4. The van der Waals surface area contributed by atoms with Gasteiger partial charge in [-0.25, -0.2) is 0 Å². The Kier molecular flexibility index (Phi) is 5.89. The summed E-state index contributed by atoms with van der Waals surface area (Å²) in [5, 5.41) is 5.99. The zero-order valence-corrected chi connectivity index (χ0v) is 17.5. The molecule has 1 atom stereocenters. The Bertz CT molecular complexity index is 994. The van der Waals surface area contributed by atoms with Gasteiger partial charge in [0.25, 0.3) is 0 Å². The van der Waals surface area contributed by atoms with E-state index in [1.54, 1.807) is 4.90 Å². The van der Waals surface area contributed by atoms with E-state index < -0.39 is 5.41 Å². The quantitative estimate of drug-likeness (QED) is 0.710. The molecule has 2 heterocycles. The minimum Gasteiger partial charge on any atom is -0.355 e. The first-order valence-electron chi connectivity index (χ1n) is 10.7. The van der Waals surface area contributed by atoms with E-state index in [0.717, 1.165) is 16.8 Å². The standard InChI is InChI=1S/C25H27N3O3/c1-2-22(29)28-16-13-25(14-17-28,18-8-4-3-5-9-18)24(31)26-15-12-20-19-10-6-7-11-21(19)27-23(20)30/h2-11,20H,1,12-17H2,(H,26,31)(H,27,30). The predicted molar refractivity (Wildman–Crippen MR) is 120 cm³/mol. The van der Waals surface area contributed by atoms with Crippen LogP contribution in [0.15, 0.2) is 67.3 Å². The molecular formula is C25H27N3O3. The molecule has 2 aliphatic rings. The second-order valence-corrected chi connectivity index (χ2v) is 8.15. The number of likely N-dealkylation sites (tertiary alicyclic amines) is 1. The summed E-state index contributed by atoms with van der Waals surface area (Å²) in [6.07, 6.45) is 2.96. The van der Waals surface area contributed by atoms with Crippen LogP contribution < -0.4 is 10.6 Å². The largest absolute Gasteiger partial charge is 0.355 e. The normalized spacial score (nSPS) is 19.3. The van der Waals surface area contributed by atoms with Crippen LogP contribution in [0, 0.1) is 0 Å². The molecule has 6 nitrogen and oxygen atoms in total. The van der Waals surface area contributed by atoms with E-state index in [0.29, 0.717) is 38.9 Å². The van der Waals surface area contributed by atoms with Crippen molar-refractivity contribution >= 4 is 23.4 Å². The molecule has 2 aromatic rings. The molecule has 1 unspecified atom stereocenters. The number of para-hydroxylation sites is 1. The van der Waals surface area contributed by atoms with Crippen LogP contribution in [0.5, 0.6) is 0 Å². The van der Waals surface area contributed by atoms with Crippen LogP contribution in [0.1, 0.15) is 36.3 Å². The molecule has 6 heteroatoms. The van der Waals surface area contributed by atoms with Gasteiger partial charge in [-0.05, 0) is 42.5 Å². The molecule has 0 bridgehead atoms. The van der Waals surface area contributed by atoms with E-state index in [1.165, 1.54) is 6.08 Å². The van der Waals surface area contributed by atoms with E-state index in [-0.39, 0.29) is 23.6 Å². The summed E-state index contributed by atoms with van der Waals surface area (Å²) in [4.78, 5) is 39.5. The van der Waals surface area contributed by atoms with Crippen molar-refractivity contribution in [2.75, 3.05) is 25.0 Å². The maximum Gasteiger partial charge on any atom is 0.245 e. The highest BCUT2D eigenvalue weighted by molar-refractivity contribution is 6.02. The van der Waals surface area contributed by atoms with Crippen LogP contribution in [-0.4, -0.2) is 42.3 Å². The zero-order valence-electron chi connectivity index (χ0n) is 17.5. The van der Waals surface area contributed by atoms with Crippen molar-refractivity contribution in [3.63, 3.8) is 0 Å². The zero-order chi connectivity index (χ0) is 21.8. The molecule has 4 rings (SSSR count). The maximum absolute atomic E-state index is 13.4. The Morgan fingerprint density at radius 1 is 1.10 bits per heavy atom. The van der Waals surface area contributed by atoms with Gasteiger partial charge < -0.3 is 15.5 Å². The molecule has 31 heavy (non-hydrogen) atoms. The highest BCUT2D eigenvalue weighted by Gasteiger charge is 2.43. The highest BCUT2D eigenvalue weighted by atomic mass is 16.2. The number of hydrogen-bond donors (Lipinski definition) is 2. The van der Waals surface area contributed by atoms with E-state index >= 15 is 0 Å². The Hall–Kier alpha value is -3.41. The molecule has 3 amide bonds. The van der Waals surface area contributed by atoms with Crippen LogP contribution in [0.25, 0.3) is 0 Å². The number of benzene rings is 2. The van der Waals surface area contributed by atoms with Crippen molar-refractivity contribution in [2.24, 2.45) is 0 Å². The number of carbonyl (C=O) groups excluding carboxylic acids is 3. The second kappa shape index (κ2) is 8.76. The molecule has 2 N–H and O–H groups in total. The van der Waals surface area contributed by atoms with Crippen LogP contribution in [0.2, 0.25) is 0 Å². The Labute approximate surface area is 182 Å². The monoisotopic (exact) mass is 417 g/mol. The third kappa shape index (κ3) is 3.98. The summed E-state index contributed by atoms with van der Waals surface area (Å²) < 4.78 is 0. The van der Waals surface area contributed by atoms with E-state index in [9.17, 15) is 14.4 Å². The minimum atomic E-state index is -0.685. The van der Waals surface area contributed by atoms with Crippen molar-refractivity contribution in [1.29, 1.82) is 0 Å². The van der Waals surface area contributed by atoms with Crippen LogP contribution >= 0.6 is 0 Å². The van der Waals surface area contributed by atoms with Gasteiger partial charge in [-0.3, -0.25) is 14.4 Å². The molecule has 160 valence electrons. The Morgan fingerprint density at radius 3 is 2.48 bits per heavy atom. The molecule has 0 aliphatic carbocycles. The number of carbonyl (C=O) groups is 3. The summed E-state index contributed by atoms with van der Waals surface area (Å²) >= 11 is 0. The number of rotatable bonds is 6. The highest BCUT2D eigenvalue weighted by Crippen LogP contribution is 2.37. The molecular weight excluding hydrogens is 390 g/mol. The first-order chi connectivity index (χ1) is 15.0. The average molecular weight is 418 g/mol. The van der Waals surface area contributed by atoms with Crippen LogP contribution in [0.4, 0.5) is 5.69 Å². The number of fused-ring (bicyclic) bond motifs is 1. The lowest BCUT2D eigenvalue weighted by atomic mass is 9.72. The lowest BCUT2D eigenvalue weighted by Crippen LogP contribution is -2.52. The van der Waals surface area contributed by atoms with Crippen LogP contribution in [0.3, 0.4) is 0 Å². The Morgan fingerprint density at radius 2 is 1.77 bits per heavy atom. The summed E-state index contributed by atoms with van der Waals surface area (Å²) in [6.45, 7) is 4.99. The number of hydrogen-bond acceptors (Lipinski definition) is 3. The predicted octanol–water partition coefficient (Wildman–Crippen LogP) is 2.98. The van der Waals surface area contributed by atoms with Crippen molar-refractivity contribution in [3.05, 3.63) is 78.4 Å². The molecule has 0 radical (unpaired) electrons. The number of piperidine rings is 1. The molecule has 2 aromatic carbocycles. The SMILES string of the molecule is C=CC(=O)N1CCC(C(=O)NCCC2C(=O)Nc3ccccc32)(c2ccccc2)CC1. The minimum absolute atomic E-state index is 0.0236.